The first-order valence-corrected chi connectivity index (χ1v) is 8.44. The van der Waals surface area contributed by atoms with Crippen molar-refractivity contribution in [2.45, 2.75) is 18.7 Å². The topological polar surface area (TPSA) is 64.6 Å². The van der Waals surface area contributed by atoms with E-state index in [1.807, 2.05) is 19.9 Å². The highest BCUT2D eigenvalue weighted by Gasteiger charge is 2.19. The molecule has 0 bridgehead atoms. The number of anilines is 1. The van der Waals surface area contributed by atoms with Crippen LogP contribution in [0.1, 0.15) is 11.1 Å². The first-order chi connectivity index (χ1) is 10.5. The van der Waals surface area contributed by atoms with Crippen LogP contribution < -0.4 is 14.2 Å². The fraction of sp³-hybridized carbons (Fsp3) is 0.250. The molecule has 3 rings (SSSR count). The lowest BCUT2D eigenvalue weighted by Gasteiger charge is -2.20. The van der Waals surface area contributed by atoms with E-state index in [4.69, 9.17) is 9.47 Å². The molecule has 0 spiro atoms. The summed E-state index contributed by atoms with van der Waals surface area (Å²) in [5.41, 5.74) is 2.16. The Morgan fingerprint density at radius 1 is 1.00 bits per heavy atom. The van der Waals surface area contributed by atoms with Gasteiger partial charge in [0.2, 0.25) is 0 Å². The normalized spacial score (nSPS) is 13.7. The highest BCUT2D eigenvalue weighted by atomic mass is 32.2. The van der Waals surface area contributed by atoms with E-state index in [0.717, 1.165) is 11.1 Å². The van der Waals surface area contributed by atoms with E-state index in [1.165, 1.54) is 0 Å². The number of hydrogen-bond acceptors (Lipinski definition) is 4. The summed E-state index contributed by atoms with van der Waals surface area (Å²) in [6, 6.07) is 10.2. The van der Waals surface area contributed by atoms with Crippen molar-refractivity contribution in [3.05, 3.63) is 47.5 Å². The van der Waals surface area contributed by atoms with Gasteiger partial charge in [-0.3, -0.25) is 4.72 Å². The largest absolute Gasteiger partial charge is 0.486 e. The molecule has 0 fully saturated rings. The van der Waals surface area contributed by atoms with Gasteiger partial charge in [0, 0.05) is 6.07 Å². The average molecular weight is 319 g/mol. The summed E-state index contributed by atoms with van der Waals surface area (Å²) < 4.78 is 38.6. The number of nitrogens with one attached hydrogen (secondary N) is 1. The maximum absolute atomic E-state index is 12.5. The number of ether oxygens (including phenoxy) is 2. The molecule has 0 aromatic heterocycles. The molecule has 0 amide bonds. The van der Waals surface area contributed by atoms with E-state index in [9.17, 15) is 8.42 Å². The van der Waals surface area contributed by atoms with Crippen LogP contribution in [-0.4, -0.2) is 21.6 Å². The lowest BCUT2D eigenvalue weighted by Crippen LogP contribution is -2.17. The molecule has 1 aliphatic heterocycles. The highest BCUT2D eigenvalue weighted by molar-refractivity contribution is 7.92. The quantitative estimate of drug-likeness (QED) is 0.945. The van der Waals surface area contributed by atoms with Crippen molar-refractivity contribution in [3.63, 3.8) is 0 Å². The molecule has 22 heavy (non-hydrogen) atoms. The molecule has 5 nitrogen and oxygen atoms in total. The Kier molecular flexibility index (Phi) is 3.70. The molecule has 1 N–H and O–H groups in total. The first kappa shape index (κ1) is 14.7. The molecule has 1 heterocycles. The summed E-state index contributed by atoms with van der Waals surface area (Å²) in [6.07, 6.45) is 0. The third-order valence-corrected chi connectivity index (χ3v) is 4.80. The minimum absolute atomic E-state index is 0.238. The van der Waals surface area contributed by atoms with Crippen LogP contribution in [0.4, 0.5) is 5.69 Å². The zero-order valence-corrected chi connectivity index (χ0v) is 13.2. The molecule has 0 saturated heterocycles. The summed E-state index contributed by atoms with van der Waals surface area (Å²) in [4.78, 5) is 0.238. The van der Waals surface area contributed by atoms with Gasteiger partial charge in [0.1, 0.15) is 13.2 Å². The summed E-state index contributed by atoms with van der Waals surface area (Å²) in [5.74, 6) is 1.20. The zero-order chi connectivity index (χ0) is 15.7. The Hall–Kier alpha value is -2.21. The van der Waals surface area contributed by atoms with Crippen LogP contribution in [0.3, 0.4) is 0 Å². The number of benzene rings is 2. The molecule has 116 valence electrons. The van der Waals surface area contributed by atoms with Crippen molar-refractivity contribution in [2.75, 3.05) is 17.9 Å². The number of aryl methyl sites for hydroxylation is 2. The minimum Gasteiger partial charge on any atom is -0.486 e. The van der Waals surface area contributed by atoms with Gasteiger partial charge in [-0.2, -0.15) is 0 Å². The lowest BCUT2D eigenvalue weighted by molar-refractivity contribution is 0.171. The SMILES string of the molecule is Cc1cccc(S(=O)(=O)Nc2cc3c(cc2C)OCCO3)c1. The van der Waals surface area contributed by atoms with Crippen molar-refractivity contribution < 1.29 is 17.9 Å². The van der Waals surface area contributed by atoms with Crippen LogP contribution in [0.25, 0.3) is 0 Å². The number of sulfonamides is 1. The summed E-state index contributed by atoms with van der Waals surface area (Å²) >= 11 is 0. The second-order valence-electron chi connectivity index (χ2n) is 5.23. The highest BCUT2D eigenvalue weighted by Crippen LogP contribution is 2.36. The van der Waals surface area contributed by atoms with Gasteiger partial charge in [-0.1, -0.05) is 12.1 Å². The van der Waals surface area contributed by atoms with Crippen LogP contribution in [0.5, 0.6) is 11.5 Å². The monoisotopic (exact) mass is 319 g/mol. The predicted molar refractivity (Wildman–Crippen MR) is 84.2 cm³/mol. The zero-order valence-electron chi connectivity index (χ0n) is 12.4. The Morgan fingerprint density at radius 2 is 1.68 bits per heavy atom. The van der Waals surface area contributed by atoms with Gasteiger partial charge >= 0.3 is 0 Å². The van der Waals surface area contributed by atoms with Crippen molar-refractivity contribution in [2.24, 2.45) is 0 Å². The summed E-state index contributed by atoms with van der Waals surface area (Å²) in [6.45, 7) is 4.64. The average Bonchev–Trinajstić information content (AvgIpc) is 2.48. The molecule has 0 radical (unpaired) electrons. The van der Waals surface area contributed by atoms with E-state index in [1.54, 1.807) is 30.3 Å². The maximum atomic E-state index is 12.5. The molecule has 1 aliphatic rings. The van der Waals surface area contributed by atoms with Gasteiger partial charge in [-0.05, 0) is 43.2 Å². The van der Waals surface area contributed by atoms with Gasteiger partial charge < -0.3 is 9.47 Å². The Morgan fingerprint density at radius 3 is 2.36 bits per heavy atom. The van der Waals surface area contributed by atoms with E-state index in [0.29, 0.717) is 30.4 Å². The molecular weight excluding hydrogens is 302 g/mol. The van der Waals surface area contributed by atoms with E-state index in [2.05, 4.69) is 4.72 Å². The second-order valence-corrected chi connectivity index (χ2v) is 6.92. The van der Waals surface area contributed by atoms with Crippen molar-refractivity contribution in [3.8, 4) is 11.5 Å². The van der Waals surface area contributed by atoms with Crippen LogP contribution in [-0.2, 0) is 10.0 Å². The Bertz CT molecular complexity index is 815. The van der Waals surface area contributed by atoms with Gasteiger partial charge in [-0.25, -0.2) is 8.42 Å². The molecule has 0 saturated carbocycles. The van der Waals surface area contributed by atoms with Gasteiger partial charge in [0.25, 0.3) is 10.0 Å². The smallest absolute Gasteiger partial charge is 0.261 e. The molecule has 0 unspecified atom stereocenters. The molecular formula is C16H17NO4S. The second kappa shape index (κ2) is 5.53. The van der Waals surface area contributed by atoms with Crippen LogP contribution in [0.2, 0.25) is 0 Å². The molecule has 2 aromatic carbocycles. The van der Waals surface area contributed by atoms with E-state index < -0.39 is 10.0 Å². The maximum Gasteiger partial charge on any atom is 0.261 e. The van der Waals surface area contributed by atoms with E-state index in [-0.39, 0.29) is 4.90 Å². The first-order valence-electron chi connectivity index (χ1n) is 6.95. The third kappa shape index (κ3) is 2.87. The van der Waals surface area contributed by atoms with Crippen LogP contribution in [0, 0.1) is 13.8 Å². The third-order valence-electron chi connectivity index (χ3n) is 3.43. The van der Waals surface area contributed by atoms with Crippen molar-refractivity contribution >= 4 is 15.7 Å². The molecule has 0 atom stereocenters. The van der Waals surface area contributed by atoms with Crippen LogP contribution >= 0.6 is 0 Å². The molecule has 0 aliphatic carbocycles. The number of hydrogen-bond donors (Lipinski definition) is 1. The predicted octanol–water partition coefficient (Wildman–Crippen LogP) is 2.88. The fourth-order valence-corrected chi connectivity index (χ4v) is 3.51. The fourth-order valence-electron chi connectivity index (χ4n) is 2.29. The van der Waals surface area contributed by atoms with Gasteiger partial charge in [0.15, 0.2) is 11.5 Å². The van der Waals surface area contributed by atoms with Crippen LogP contribution in [0.15, 0.2) is 41.3 Å². The van der Waals surface area contributed by atoms with E-state index >= 15 is 0 Å². The standard InChI is InChI=1S/C16H17NO4S/c1-11-4-3-5-13(8-11)22(18,19)17-14-10-16-15(9-12(14)2)20-6-7-21-16/h3-5,8-10,17H,6-7H2,1-2H3. The minimum atomic E-state index is -3.63. The summed E-state index contributed by atoms with van der Waals surface area (Å²) in [5, 5.41) is 0. The number of fused-ring (bicyclic) bond motifs is 1. The van der Waals surface area contributed by atoms with Crippen molar-refractivity contribution in [1.82, 2.24) is 0 Å². The lowest BCUT2D eigenvalue weighted by atomic mass is 10.2. The number of rotatable bonds is 3. The van der Waals surface area contributed by atoms with Gasteiger partial charge in [-0.15, -0.1) is 0 Å². The Balaban J connectivity index is 1.95. The van der Waals surface area contributed by atoms with Gasteiger partial charge in [0.05, 0.1) is 10.6 Å². The van der Waals surface area contributed by atoms with Crippen molar-refractivity contribution in [1.29, 1.82) is 0 Å². The molecule has 2 aromatic rings. The summed E-state index contributed by atoms with van der Waals surface area (Å²) in [7, 11) is -3.63. The Labute approximate surface area is 129 Å². The molecule has 6 heteroatoms.